The number of allylic oxidation sites excluding steroid dienone is 5. The molecule has 4 nitrogen and oxygen atoms in total. The maximum absolute atomic E-state index is 13.1. The Labute approximate surface area is 146 Å². The van der Waals surface area contributed by atoms with Gasteiger partial charge in [0.1, 0.15) is 5.82 Å². The van der Waals surface area contributed by atoms with Gasteiger partial charge < -0.3 is 16.4 Å². The van der Waals surface area contributed by atoms with Gasteiger partial charge in [-0.05, 0) is 54.5 Å². The van der Waals surface area contributed by atoms with Crippen molar-refractivity contribution in [3.63, 3.8) is 0 Å². The molecule has 0 radical (unpaired) electrons. The standard InChI is InChI=1S/C20H20FN3O/c1-3-5-16(12-14(2)22)15-8-10-18(11-9-15)23-20(25)24-19-7-4-6-17(21)13-19/h3-13H,1,22H2,2H3,(H2,23,24,25)/b14-12-,16-5+. The minimum absolute atomic E-state index is 0.383. The van der Waals surface area contributed by atoms with Crippen LogP contribution in [0.5, 0.6) is 0 Å². The van der Waals surface area contributed by atoms with Crippen LogP contribution in [0.25, 0.3) is 5.57 Å². The zero-order valence-electron chi connectivity index (χ0n) is 13.9. The van der Waals surface area contributed by atoms with Crippen LogP contribution in [0.15, 0.2) is 79.0 Å². The minimum Gasteiger partial charge on any atom is -0.402 e. The molecule has 0 saturated heterocycles. The number of carbonyl (C=O) groups excluding carboxylic acids is 1. The lowest BCUT2D eigenvalue weighted by Gasteiger charge is -2.09. The summed E-state index contributed by atoms with van der Waals surface area (Å²) in [6.07, 6.45) is 5.39. The van der Waals surface area contributed by atoms with Gasteiger partial charge in [-0.1, -0.05) is 36.9 Å². The third kappa shape index (κ3) is 5.66. The summed E-state index contributed by atoms with van der Waals surface area (Å²) in [6.45, 7) is 5.51. The van der Waals surface area contributed by atoms with Gasteiger partial charge in [0.05, 0.1) is 0 Å². The summed E-state index contributed by atoms with van der Waals surface area (Å²) in [7, 11) is 0. The number of nitrogens with two attached hydrogens (primary N) is 1. The van der Waals surface area contributed by atoms with E-state index in [1.165, 1.54) is 18.2 Å². The van der Waals surface area contributed by atoms with Crippen molar-refractivity contribution in [3.05, 3.63) is 90.4 Å². The van der Waals surface area contributed by atoms with E-state index in [-0.39, 0.29) is 0 Å². The Bertz CT molecular complexity index is 819. The third-order valence-electron chi connectivity index (χ3n) is 3.24. The Morgan fingerprint density at radius 1 is 1.12 bits per heavy atom. The van der Waals surface area contributed by atoms with E-state index in [9.17, 15) is 9.18 Å². The predicted molar refractivity (Wildman–Crippen MR) is 102 cm³/mol. The summed E-state index contributed by atoms with van der Waals surface area (Å²) in [5, 5.41) is 5.27. The van der Waals surface area contributed by atoms with E-state index in [4.69, 9.17) is 5.73 Å². The van der Waals surface area contributed by atoms with Gasteiger partial charge in [0.2, 0.25) is 0 Å². The molecule has 0 unspecified atom stereocenters. The fourth-order valence-corrected chi connectivity index (χ4v) is 2.21. The Kier molecular flexibility index (Phi) is 6.12. The van der Waals surface area contributed by atoms with Crippen LogP contribution in [0.1, 0.15) is 12.5 Å². The van der Waals surface area contributed by atoms with E-state index in [1.807, 2.05) is 31.2 Å². The van der Waals surface area contributed by atoms with Crippen molar-refractivity contribution >= 4 is 23.0 Å². The second-order valence-electron chi connectivity index (χ2n) is 5.41. The van der Waals surface area contributed by atoms with Gasteiger partial charge in [0, 0.05) is 17.1 Å². The number of anilines is 2. The number of nitrogens with one attached hydrogen (secondary N) is 2. The molecule has 0 aliphatic heterocycles. The van der Waals surface area contributed by atoms with Crippen LogP contribution in [-0.4, -0.2) is 6.03 Å². The van der Waals surface area contributed by atoms with E-state index in [2.05, 4.69) is 17.2 Å². The molecule has 0 spiro atoms. The molecular weight excluding hydrogens is 317 g/mol. The van der Waals surface area contributed by atoms with Crippen molar-refractivity contribution in [3.8, 4) is 0 Å². The SMILES string of the molecule is C=C/C=C(\C=C(\C)N)c1ccc(NC(=O)Nc2cccc(F)c2)cc1. The molecule has 0 fully saturated rings. The van der Waals surface area contributed by atoms with E-state index < -0.39 is 11.8 Å². The lowest BCUT2D eigenvalue weighted by atomic mass is 10.0. The summed E-state index contributed by atoms with van der Waals surface area (Å²) in [4.78, 5) is 12.0. The summed E-state index contributed by atoms with van der Waals surface area (Å²) < 4.78 is 13.1. The maximum Gasteiger partial charge on any atom is 0.323 e. The molecule has 2 aromatic rings. The fraction of sp³-hybridized carbons (Fsp3) is 0.0500. The van der Waals surface area contributed by atoms with Gasteiger partial charge in [-0.25, -0.2) is 9.18 Å². The molecule has 2 rings (SSSR count). The number of hydrogen-bond acceptors (Lipinski definition) is 2. The molecule has 128 valence electrons. The lowest BCUT2D eigenvalue weighted by Crippen LogP contribution is -2.19. The van der Waals surface area contributed by atoms with Crippen LogP contribution in [0, 0.1) is 5.82 Å². The zero-order chi connectivity index (χ0) is 18.2. The summed E-state index contributed by atoms with van der Waals surface area (Å²) >= 11 is 0. The molecule has 0 aromatic heterocycles. The second kappa shape index (κ2) is 8.49. The van der Waals surface area contributed by atoms with E-state index in [0.717, 1.165) is 11.1 Å². The molecule has 0 saturated carbocycles. The van der Waals surface area contributed by atoms with Crippen molar-refractivity contribution in [2.75, 3.05) is 10.6 Å². The highest BCUT2D eigenvalue weighted by Gasteiger charge is 2.04. The Hall–Kier alpha value is -3.34. The molecule has 2 aromatic carbocycles. The topological polar surface area (TPSA) is 67.1 Å². The first-order chi connectivity index (χ1) is 12.0. The van der Waals surface area contributed by atoms with Gasteiger partial charge >= 0.3 is 6.03 Å². The average Bonchev–Trinajstić information content (AvgIpc) is 2.54. The van der Waals surface area contributed by atoms with Crippen molar-refractivity contribution in [2.45, 2.75) is 6.92 Å². The summed E-state index contributed by atoms with van der Waals surface area (Å²) in [6, 6.07) is 12.5. The first-order valence-corrected chi connectivity index (χ1v) is 7.68. The van der Waals surface area contributed by atoms with Gasteiger partial charge in [-0.2, -0.15) is 0 Å². The number of halogens is 1. The fourth-order valence-electron chi connectivity index (χ4n) is 2.21. The summed E-state index contributed by atoms with van der Waals surface area (Å²) in [5.41, 5.74) is 9.28. The van der Waals surface area contributed by atoms with Gasteiger partial charge in [-0.15, -0.1) is 0 Å². The highest BCUT2D eigenvalue weighted by Crippen LogP contribution is 2.20. The van der Waals surface area contributed by atoms with E-state index in [0.29, 0.717) is 17.1 Å². The van der Waals surface area contributed by atoms with Crippen LogP contribution >= 0.6 is 0 Å². The molecular formula is C20H20FN3O. The molecule has 0 aliphatic carbocycles. The highest BCUT2D eigenvalue weighted by molar-refractivity contribution is 5.99. The first-order valence-electron chi connectivity index (χ1n) is 7.68. The van der Waals surface area contributed by atoms with Crippen LogP contribution in [0.2, 0.25) is 0 Å². The number of amides is 2. The largest absolute Gasteiger partial charge is 0.402 e. The second-order valence-corrected chi connectivity index (χ2v) is 5.41. The van der Waals surface area contributed by atoms with Gasteiger partial charge in [0.15, 0.2) is 0 Å². The van der Waals surface area contributed by atoms with Crippen LogP contribution in [0.3, 0.4) is 0 Å². The van der Waals surface area contributed by atoms with Crippen molar-refractivity contribution in [1.29, 1.82) is 0 Å². The molecule has 0 aliphatic rings. The quantitative estimate of drug-likeness (QED) is 0.679. The molecule has 0 bridgehead atoms. The van der Waals surface area contributed by atoms with Crippen LogP contribution in [-0.2, 0) is 0 Å². The Balaban J connectivity index is 2.07. The molecule has 25 heavy (non-hydrogen) atoms. The van der Waals surface area contributed by atoms with Gasteiger partial charge in [0.25, 0.3) is 0 Å². The Morgan fingerprint density at radius 2 is 1.80 bits per heavy atom. The summed E-state index contributed by atoms with van der Waals surface area (Å²) in [5.74, 6) is -0.410. The number of carbonyl (C=O) groups is 1. The molecule has 0 heterocycles. The van der Waals surface area contributed by atoms with Crippen molar-refractivity contribution in [1.82, 2.24) is 0 Å². The van der Waals surface area contributed by atoms with Gasteiger partial charge in [-0.3, -0.25) is 0 Å². The monoisotopic (exact) mass is 337 g/mol. The third-order valence-corrected chi connectivity index (χ3v) is 3.24. The maximum atomic E-state index is 13.1. The minimum atomic E-state index is -0.446. The number of benzene rings is 2. The highest BCUT2D eigenvalue weighted by atomic mass is 19.1. The molecule has 5 heteroatoms. The Morgan fingerprint density at radius 3 is 2.40 bits per heavy atom. The first kappa shape index (κ1) is 18.0. The smallest absolute Gasteiger partial charge is 0.323 e. The predicted octanol–water partition coefficient (Wildman–Crippen LogP) is 4.90. The molecule has 0 atom stereocenters. The van der Waals surface area contributed by atoms with Crippen molar-refractivity contribution in [2.24, 2.45) is 5.73 Å². The van der Waals surface area contributed by atoms with E-state index >= 15 is 0 Å². The lowest BCUT2D eigenvalue weighted by molar-refractivity contribution is 0.262. The molecule has 4 N–H and O–H groups in total. The number of hydrogen-bond donors (Lipinski definition) is 3. The number of rotatable bonds is 5. The van der Waals surface area contributed by atoms with Crippen molar-refractivity contribution < 1.29 is 9.18 Å². The van der Waals surface area contributed by atoms with Crippen LogP contribution < -0.4 is 16.4 Å². The number of urea groups is 1. The molecule has 2 amide bonds. The zero-order valence-corrected chi connectivity index (χ0v) is 13.9. The normalized spacial score (nSPS) is 11.8. The van der Waals surface area contributed by atoms with Crippen LogP contribution in [0.4, 0.5) is 20.6 Å². The average molecular weight is 337 g/mol. The van der Waals surface area contributed by atoms with E-state index in [1.54, 1.807) is 24.3 Å².